The summed E-state index contributed by atoms with van der Waals surface area (Å²) in [7, 11) is -1.74. The van der Waals surface area contributed by atoms with E-state index in [4.69, 9.17) is 4.74 Å². The third kappa shape index (κ3) is 7.09. The maximum atomic E-state index is 12.3. The zero-order valence-electron chi connectivity index (χ0n) is 30.7. The van der Waals surface area contributed by atoms with Gasteiger partial charge < -0.3 is 9.84 Å². The largest absolute Gasteiger partial charge is 0.507 e. The van der Waals surface area contributed by atoms with Gasteiger partial charge in [-0.05, 0) is 102 Å². The highest BCUT2D eigenvalue weighted by Gasteiger charge is 2.40. The highest BCUT2D eigenvalue weighted by molar-refractivity contribution is 7.80. The Bertz CT molecular complexity index is 2060. The zero-order valence-corrected chi connectivity index (χ0v) is 32.5. The normalized spacial score (nSPS) is 18.2. The molecule has 0 bridgehead atoms. The topological polar surface area (TPSA) is 29.5 Å². The van der Waals surface area contributed by atoms with Gasteiger partial charge in [-0.15, -0.1) is 0 Å². The lowest BCUT2D eigenvalue weighted by Crippen LogP contribution is -2.44. The van der Waals surface area contributed by atoms with Crippen LogP contribution in [0.3, 0.4) is 0 Å². The molecule has 8 rings (SSSR count). The zero-order chi connectivity index (χ0) is 35.8. The van der Waals surface area contributed by atoms with Gasteiger partial charge in [-0.1, -0.05) is 162 Å². The number of hydrogen-bond acceptors (Lipinski definition) is 2. The number of aryl methyl sites for hydroxylation is 4. The van der Waals surface area contributed by atoms with Gasteiger partial charge in [-0.25, -0.2) is 0 Å². The van der Waals surface area contributed by atoms with Crippen LogP contribution in [0.25, 0.3) is 0 Å². The van der Waals surface area contributed by atoms with Crippen LogP contribution in [-0.4, -0.2) is 11.2 Å². The first kappa shape index (κ1) is 34.8. The van der Waals surface area contributed by atoms with Crippen molar-refractivity contribution in [2.24, 2.45) is 11.8 Å². The molecule has 1 aliphatic carbocycles. The van der Waals surface area contributed by atoms with E-state index >= 15 is 0 Å². The molecule has 1 saturated carbocycles. The molecule has 0 unspecified atom stereocenters. The van der Waals surface area contributed by atoms with Crippen LogP contribution in [0.5, 0.6) is 11.5 Å². The number of rotatable bonds is 8. The Labute approximate surface area is 312 Å². The number of aromatic hydroxyl groups is 1. The number of ether oxygens (including phenoxy) is 1. The van der Waals surface area contributed by atoms with Gasteiger partial charge in [0.25, 0.3) is 0 Å². The maximum Gasteiger partial charge on any atom is 0.131 e. The van der Waals surface area contributed by atoms with Gasteiger partial charge in [0.05, 0.1) is 0 Å². The minimum Gasteiger partial charge on any atom is -0.507 e. The third-order valence-corrected chi connectivity index (χ3v) is 15.8. The van der Waals surface area contributed by atoms with E-state index in [9.17, 15) is 5.11 Å². The number of fused-ring (bicyclic) bond motifs is 2. The Hall–Kier alpha value is -4.22. The number of phenols is 1. The molecule has 4 heteroatoms. The number of benzene rings is 6. The summed E-state index contributed by atoms with van der Waals surface area (Å²) in [6.07, 6.45) is 5.48. The van der Waals surface area contributed by atoms with E-state index in [-0.39, 0.29) is 6.10 Å². The molecule has 6 aromatic carbocycles. The van der Waals surface area contributed by atoms with Crippen LogP contribution in [0.1, 0.15) is 52.6 Å². The van der Waals surface area contributed by atoms with Gasteiger partial charge in [-0.3, -0.25) is 0 Å². The summed E-state index contributed by atoms with van der Waals surface area (Å²) < 4.78 is 7.32. The molecule has 0 saturated heterocycles. The van der Waals surface area contributed by atoms with Crippen LogP contribution in [-0.2, 0) is 12.8 Å². The summed E-state index contributed by atoms with van der Waals surface area (Å²) in [5, 5.41) is 19.9. The Morgan fingerprint density at radius 3 is 1.71 bits per heavy atom. The van der Waals surface area contributed by atoms with Crippen molar-refractivity contribution in [2.45, 2.75) is 65.9 Å². The van der Waals surface area contributed by atoms with Crippen molar-refractivity contribution in [3.63, 3.8) is 0 Å². The van der Waals surface area contributed by atoms with E-state index in [1.54, 1.807) is 0 Å². The second-order valence-electron chi connectivity index (χ2n) is 15.0. The standard InChI is InChI=1S/C48H48O2P2/c1-32-24-33(2)27-42(26-32)52(43-28-34(3)25-35(4)29-43)44-22-12-14-36(46(44)49)30-37-15-11-16-38-31-39-17-13-23-45(48(39)50-47(37)38)51(40-18-7-5-8-19-40)41-20-9-6-10-21-41/h5-10,12-14,17-29,37-38,47,49H,11,15-16,30-31H2,1-4H3/t37-,38-,47-/m1/s1. The van der Waals surface area contributed by atoms with Crippen molar-refractivity contribution in [2.75, 3.05) is 0 Å². The second-order valence-corrected chi connectivity index (χ2v) is 19.4. The lowest BCUT2D eigenvalue weighted by atomic mass is 9.72. The van der Waals surface area contributed by atoms with E-state index in [2.05, 4.69) is 161 Å². The first-order valence-corrected chi connectivity index (χ1v) is 21.5. The predicted molar refractivity (Wildman–Crippen MR) is 224 cm³/mol. The summed E-state index contributed by atoms with van der Waals surface area (Å²) in [5.74, 6) is 2.37. The minimum atomic E-state index is -0.956. The van der Waals surface area contributed by atoms with Gasteiger partial charge in [0, 0.05) is 22.4 Å². The molecular formula is C48H48O2P2. The first-order chi connectivity index (χ1) is 25.3. The Morgan fingerprint density at radius 2 is 1.12 bits per heavy atom. The van der Waals surface area contributed by atoms with Gasteiger partial charge in [0.1, 0.15) is 17.6 Å². The van der Waals surface area contributed by atoms with E-state index in [1.165, 1.54) is 67.2 Å². The third-order valence-electron chi connectivity index (χ3n) is 10.9. The first-order valence-electron chi connectivity index (χ1n) is 18.8. The molecule has 0 amide bonds. The fourth-order valence-electron chi connectivity index (χ4n) is 8.82. The molecule has 262 valence electrons. The fraction of sp³-hybridized carbons (Fsp3) is 0.250. The Kier molecular flexibility index (Phi) is 10.1. The maximum absolute atomic E-state index is 12.3. The van der Waals surface area contributed by atoms with Crippen molar-refractivity contribution in [3.8, 4) is 11.5 Å². The van der Waals surface area contributed by atoms with Crippen molar-refractivity contribution < 1.29 is 9.84 Å². The van der Waals surface area contributed by atoms with E-state index in [0.717, 1.165) is 35.9 Å². The molecule has 0 spiro atoms. The molecule has 0 radical (unpaired) electrons. The lowest BCUT2D eigenvalue weighted by molar-refractivity contribution is 0.0253. The lowest BCUT2D eigenvalue weighted by Gasteiger charge is -2.43. The van der Waals surface area contributed by atoms with Crippen molar-refractivity contribution in [3.05, 3.63) is 167 Å². The monoisotopic (exact) mass is 718 g/mol. The summed E-state index contributed by atoms with van der Waals surface area (Å²) in [4.78, 5) is 0. The van der Waals surface area contributed by atoms with Crippen molar-refractivity contribution in [1.82, 2.24) is 0 Å². The highest BCUT2D eigenvalue weighted by atomic mass is 31.1. The quantitative estimate of drug-likeness (QED) is 0.159. The smallest absolute Gasteiger partial charge is 0.131 e. The summed E-state index contributed by atoms with van der Waals surface area (Å²) in [5.41, 5.74) is 7.42. The SMILES string of the molecule is Cc1cc(C)cc(P(c2cc(C)cc(C)c2)c2cccc(C[C@H]3CCC[C@@H]4Cc5cccc(P(c6ccccc6)c6ccccc6)c5O[C@H]34)c2O)c1. The summed E-state index contributed by atoms with van der Waals surface area (Å²) in [6, 6.07) is 49.0. The van der Waals surface area contributed by atoms with Crippen LogP contribution < -0.4 is 36.6 Å². The van der Waals surface area contributed by atoms with Crippen LogP contribution in [0.15, 0.2) is 133 Å². The van der Waals surface area contributed by atoms with Crippen molar-refractivity contribution >= 4 is 47.7 Å². The summed E-state index contributed by atoms with van der Waals surface area (Å²) >= 11 is 0. The average molecular weight is 719 g/mol. The van der Waals surface area contributed by atoms with Crippen LogP contribution in [0.4, 0.5) is 0 Å². The summed E-state index contributed by atoms with van der Waals surface area (Å²) in [6.45, 7) is 8.71. The molecule has 3 atom stereocenters. The molecule has 1 fully saturated rings. The molecule has 2 nitrogen and oxygen atoms in total. The molecule has 6 aromatic rings. The molecule has 52 heavy (non-hydrogen) atoms. The average Bonchev–Trinajstić information content (AvgIpc) is 3.13. The van der Waals surface area contributed by atoms with Gasteiger partial charge in [0.15, 0.2) is 0 Å². The Morgan fingerprint density at radius 1 is 0.577 bits per heavy atom. The number of phenolic OH excluding ortho intramolecular Hbond substituents is 1. The Balaban J connectivity index is 1.15. The molecule has 0 aromatic heterocycles. The van der Waals surface area contributed by atoms with Crippen LogP contribution in [0, 0.1) is 39.5 Å². The molecule has 1 aliphatic heterocycles. The van der Waals surface area contributed by atoms with Gasteiger partial charge in [0.2, 0.25) is 0 Å². The molecule has 1 N–H and O–H groups in total. The highest BCUT2D eigenvalue weighted by Crippen LogP contribution is 2.46. The molecular weight excluding hydrogens is 670 g/mol. The molecule has 1 heterocycles. The van der Waals surface area contributed by atoms with E-state index in [1.807, 2.05) is 0 Å². The van der Waals surface area contributed by atoms with Gasteiger partial charge in [-0.2, -0.15) is 0 Å². The van der Waals surface area contributed by atoms with Crippen molar-refractivity contribution in [1.29, 1.82) is 0 Å². The van der Waals surface area contributed by atoms with E-state index in [0.29, 0.717) is 17.6 Å². The second kappa shape index (κ2) is 15.0. The van der Waals surface area contributed by atoms with Crippen LogP contribution in [0.2, 0.25) is 0 Å². The number of para-hydroxylation sites is 2. The van der Waals surface area contributed by atoms with E-state index < -0.39 is 15.8 Å². The van der Waals surface area contributed by atoms with Crippen LogP contribution >= 0.6 is 15.8 Å². The number of hydrogen-bond donors (Lipinski definition) is 1. The minimum absolute atomic E-state index is 0.120. The fourth-order valence-corrected chi connectivity index (χ4v) is 14.0. The van der Waals surface area contributed by atoms with Gasteiger partial charge >= 0.3 is 0 Å². The predicted octanol–water partition coefficient (Wildman–Crippen LogP) is 9.10. The molecule has 2 aliphatic rings.